The number of hydrogen-bond donors (Lipinski definition) is 0. The molecule has 0 saturated carbocycles. The highest BCUT2D eigenvalue weighted by Crippen LogP contribution is 2.42. The van der Waals surface area contributed by atoms with Crippen molar-refractivity contribution in [1.82, 2.24) is 4.57 Å². The van der Waals surface area contributed by atoms with E-state index in [0.29, 0.717) is 0 Å². The summed E-state index contributed by atoms with van der Waals surface area (Å²) in [5.74, 6) is 0. The summed E-state index contributed by atoms with van der Waals surface area (Å²) in [6, 6.07) is 30.8. The van der Waals surface area contributed by atoms with Gasteiger partial charge in [-0.15, -0.1) is 11.3 Å². The Balaban J connectivity index is 1.73. The molecule has 2 aromatic heterocycles. The summed E-state index contributed by atoms with van der Waals surface area (Å²) in [6.07, 6.45) is 0. The molecule has 0 aliphatic carbocycles. The molecule has 0 radical (unpaired) electrons. The number of aromatic nitrogens is 1. The van der Waals surface area contributed by atoms with Crippen LogP contribution in [-0.4, -0.2) is 4.57 Å². The molecular formula is C25H17NS. The number of aryl methyl sites for hydroxylation is 1. The van der Waals surface area contributed by atoms with E-state index < -0.39 is 0 Å². The van der Waals surface area contributed by atoms with Crippen LogP contribution in [0, 0.1) is 0 Å². The third-order valence-corrected chi connectivity index (χ3v) is 6.80. The number of rotatable bonds is 1. The van der Waals surface area contributed by atoms with E-state index in [4.69, 9.17) is 0 Å². The van der Waals surface area contributed by atoms with E-state index in [1.807, 2.05) is 11.3 Å². The molecule has 4 aromatic carbocycles. The number of benzene rings is 4. The normalized spacial score (nSPS) is 11.9. The van der Waals surface area contributed by atoms with Gasteiger partial charge in [-0.1, -0.05) is 66.7 Å². The molecule has 128 valence electrons. The van der Waals surface area contributed by atoms with Gasteiger partial charge in [0.25, 0.3) is 0 Å². The Bertz CT molecular complexity index is 1470. The first kappa shape index (κ1) is 15.0. The molecule has 0 unspecified atom stereocenters. The Morgan fingerprint density at radius 1 is 0.630 bits per heavy atom. The lowest BCUT2D eigenvalue weighted by Gasteiger charge is -2.02. The summed E-state index contributed by atoms with van der Waals surface area (Å²) >= 11 is 1.90. The fourth-order valence-corrected chi connectivity index (χ4v) is 5.57. The van der Waals surface area contributed by atoms with Gasteiger partial charge in [0.15, 0.2) is 0 Å². The lowest BCUT2D eigenvalue weighted by atomic mass is 10.0. The zero-order chi connectivity index (χ0) is 18.0. The van der Waals surface area contributed by atoms with E-state index in [-0.39, 0.29) is 0 Å². The van der Waals surface area contributed by atoms with Gasteiger partial charge in [0.2, 0.25) is 0 Å². The van der Waals surface area contributed by atoms with Crippen molar-refractivity contribution in [3.8, 4) is 11.1 Å². The fourth-order valence-electron chi connectivity index (χ4n) is 4.30. The average Bonchev–Trinajstić information content (AvgIpc) is 3.24. The Morgan fingerprint density at radius 3 is 2.30 bits per heavy atom. The van der Waals surface area contributed by atoms with Gasteiger partial charge in [-0.2, -0.15) is 0 Å². The van der Waals surface area contributed by atoms with Crippen molar-refractivity contribution >= 4 is 53.3 Å². The molecule has 0 amide bonds. The number of para-hydroxylation sites is 1. The Kier molecular flexibility index (Phi) is 3.03. The maximum absolute atomic E-state index is 2.35. The van der Waals surface area contributed by atoms with Crippen LogP contribution < -0.4 is 0 Å². The number of thiophene rings is 1. The zero-order valence-corrected chi connectivity index (χ0v) is 15.8. The maximum Gasteiger partial charge on any atom is 0.0670 e. The van der Waals surface area contributed by atoms with Gasteiger partial charge in [-0.3, -0.25) is 0 Å². The zero-order valence-electron chi connectivity index (χ0n) is 14.9. The van der Waals surface area contributed by atoms with Crippen molar-refractivity contribution in [2.75, 3.05) is 0 Å². The smallest absolute Gasteiger partial charge is 0.0670 e. The molecule has 0 aliphatic rings. The Hall–Kier alpha value is -3.10. The van der Waals surface area contributed by atoms with Gasteiger partial charge in [-0.05, 0) is 29.3 Å². The predicted octanol–water partition coefficient (Wildman–Crippen LogP) is 7.37. The predicted molar refractivity (Wildman–Crippen MR) is 119 cm³/mol. The summed E-state index contributed by atoms with van der Waals surface area (Å²) in [6.45, 7) is 0. The lowest BCUT2D eigenvalue weighted by Crippen LogP contribution is -1.85. The van der Waals surface area contributed by atoms with Crippen LogP contribution in [0.15, 0.2) is 84.9 Å². The summed E-state index contributed by atoms with van der Waals surface area (Å²) in [5, 5.41) is 5.38. The monoisotopic (exact) mass is 363 g/mol. The molecule has 1 nitrogen and oxygen atoms in total. The molecular weight excluding hydrogens is 346 g/mol. The third kappa shape index (κ3) is 2.05. The Labute approximate surface area is 161 Å². The lowest BCUT2D eigenvalue weighted by molar-refractivity contribution is 1.02. The second-order valence-corrected chi connectivity index (χ2v) is 8.15. The van der Waals surface area contributed by atoms with Crippen molar-refractivity contribution < 1.29 is 0 Å². The number of hydrogen-bond acceptors (Lipinski definition) is 1. The first-order chi connectivity index (χ1) is 13.3. The largest absolute Gasteiger partial charge is 0.342 e. The van der Waals surface area contributed by atoms with Gasteiger partial charge >= 0.3 is 0 Å². The van der Waals surface area contributed by atoms with Crippen molar-refractivity contribution in [3.63, 3.8) is 0 Å². The van der Waals surface area contributed by atoms with Gasteiger partial charge in [0, 0.05) is 38.8 Å². The van der Waals surface area contributed by atoms with E-state index in [1.165, 1.54) is 53.1 Å². The molecule has 6 rings (SSSR count). The highest BCUT2D eigenvalue weighted by molar-refractivity contribution is 7.26. The second-order valence-electron chi connectivity index (χ2n) is 7.09. The van der Waals surface area contributed by atoms with Crippen LogP contribution in [-0.2, 0) is 7.05 Å². The van der Waals surface area contributed by atoms with Crippen LogP contribution in [0.3, 0.4) is 0 Å². The van der Waals surface area contributed by atoms with Gasteiger partial charge < -0.3 is 4.57 Å². The molecule has 27 heavy (non-hydrogen) atoms. The molecule has 0 N–H and O–H groups in total. The summed E-state index contributed by atoms with van der Waals surface area (Å²) in [4.78, 5) is 0. The minimum Gasteiger partial charge on any atom is -0.342 e. The Morgan fingerprint density at radius 2 is 1.41 bits per heavy atom. The van der Waals surface area contributed by atoms with Gasteiger partial charge in [-0.25, -0.2) is 0 Å². The fraction of sp³-hybridized carbons (Fsp3) is 0.0400. The first-order valence-corrected chi connectivity index (χ1v) is 10.0. The summed E-state index contributed by atoms with van der Waals surface area (Å²) in [5.41, 5.74) is 5.18. The van der Waals surface area contributed by atoms with E-state index >= 15 is 0 Å². The van der Waals surface area contributed by atoms with Crippen molar-refractivity contribution in [2.45, 2.75) is 0 Å². The third-order valence-electron chi connectivity index (χ3n) is 5.61. The van der Waals surface area contributed by atoms with Gasteiger partial charge in [0.05, 0.1) is 10.2 Å². The SMILES string of the molecule is Cn1c2ccccc2c2ccc3c4cc(-c5ccccc5)ccc4sc3c21. The van der Waals surface area contributed by atoms with Crippen LogP contribution in [0.25, 0.3) is 53.1 Å². The van der Waals surface area contributed by atoms with Crippen LogP contribution in [0.1, 0.15) is 0 Å². The van der Waals surface area contributed by atoms with Crippen LogP contribution in [0.2, 0.25) is 0 Å². The van der Waals surface area contributed by atoms with Crippen LogP contribution in [0.5, 0.6) is 0 Å². The number of fused-ring (bicyclic) bond motifs is 7. The average molecular weight is 363 g/mol. The van der Waals surface area contributed by atoms with Crippen LogP contribution >= 0.6 is 11.3 Å². The minimum absolute atomic E-state index is 1.27. The molecule has 0 fully saturated rings. The van der Waals surface area contributed by atoms with Crippen molar-refractivity contribution in [1.29, 1.82) is 0 Å². The first-order valence-electron chi connectivity index (χ1n) is 9.19. The molecule has 2 heterocycles. The van der Waals surface area contributed by atoms with Crippen LogP contribution in [0.4, 0.5) is 0 Å². The van der Waals surface area contributed by atoms with Crippen molar-refractivity contribution in [2.24, 2.45) is 7.05 Å². The van der Waals surface area contributed by atoms with Gasteiger partial charge in [0.1, 0.15) is 0 Å². The molecule has 2 heteroatoms. The topological polar surface area (TPSA) is 4.93 Å². The molecule has 0 aliphatic heterocycles. The standard InChI is InChI=1S/C25H17NS/c1-26-22-10-6-5-9-18(22)19-12-13-20-21-15-17(16-7-3-2-4-8-16)11-14-23(21)27-25(20)24(19)26/h2-15H,1H3. The number of nitrogens with zero attached hydrogens (tertiary/aromatic N) is 1. The molecule has 0 atom stereocenters. The molecule has 6 aromatic rings. The summed E-state index contributed by atoms with van der Waals surface area (Å²) < 4.78 is 5.08. The quantitative estimate of drug-likeness (QED) is 0.287. The van der Waals surface area contributed by atoms with E-state index in [1.54, 1.807) is 0 Å². The molecule has 0 saturated heterocycles. The summed E-state index contributed by atoms with van der Waals surface area (Å²) in [7, 11) is 2.18. The maximum atomic E-state index is 2.35. The molecule has 0 spiro atoms. The van der Waals surface area contributed by atoms with E-state index in [0.717, 1.165) is 0 Å². The van der Waals surface area contributed by atoms with Crippen molar-refractivity contribution in [3.05, 3.63) is 84.9 Å². The van der Waals surface area contributed by atoms with E-state index in [2.05, 4.69) is 96.5 Å². The van der Waals surface area contributed by atoms with E-state index in [9.17, 15) is 0 Å². The second kappa shape index (κ2) is 5.45. The molecule has 0 bridgehead atoms. The highest BCUT2D eigenvalue weighted by Gasteiger charge is 2.15. The minimum atomic E-state index is 1.27. The highest BCUT2D eigenvalue weighted by atomic mass is 32.1.